The Morgan fingerprint density at radius 1 is 1.37 bits per heavy atom. The van der Waals surface area contributed by atoms with Crippen molar-refractivity contribution in [2.45, 2.75) is 0 Å². The Balaban J connectivity index is 2.26. The van der Waals surface area contributed by atoms with Crippen LogP contribution in [0.5, 0.6) is 0 Å². The predicted octanol–water partition coefficient (Wildman–Crippen LogP) is 1.70. The van der Waals surface area contributed by atoms with Gasteiger partial charge in [0, 0.05) is 31.6 Å². The van der Waals surface area contributed by atoms with Crippen LogP contribution in [-0.2, 0) is 9.53 Å². The molecular weight excluding hydrogens is 284 g/mol. The van der Waals surface area contributed by atoms with E-state index in [1.807, 2.05) is 18.8 Å². The smallest absolute Gasteiger partial charge is 0.380 e. The lowest BCUT2D eigenvalue weighted by Crippen LogP contribution is -2.32. The molecule has 1 aliphatic heterocycles. The molecule has 2 rings (SSSR count). The molecule has 0 aromatic carbocycles. The maximum atomic E-state index is 11.8. The van der Waals surface area contributed by atoms with Crippen LogP contribution in [-0.4, -0.2) is 50.5 Å². The fraction of sp³-hybridized carbons (Fsp3) is 0.500. The van der Waals surface area contributed by atoms with E-state index in [1.165, 1.54) is 18.4 Å². The van der Waals surface area contributed by atoms with Gasteiger partial charge in [0.2, 0.25) is 0 Å². The number of ether oxygens (including phenoxy) is 1. The minimum absolute atomic E-state index is 0.421. The SMILES string of the molecule is CNc1cc(C(=O)C(=O)OC)sc1N1CCSCC1. The van der Waals surface area contributed by atoms with Crippen LogP contribution in [0.25, 0.3) is 0 Å². The topological polar surface area (TPSA) is 58.6 Å². The number of Topliss-reactive ketones (excluding diaryl/α,β-unsaturated/α-hetero) is 1. The third-order valence-corrected chi connectivity index (χ3v) is 5.01. The monoisotopic (exact) mass is 300 g/mol. The van der Waals surface area contributed by atoms with E-state index in [9.17, 15) is 9.59 Å². The van der Waals surface area contributed by atoms with Crippen LogP contribution in [0.2, 0.25) is 0 Å². The molecule has 1 aromatic heterocycles. The van der Waals surface area contributed by atoms with E-state index in [2.05, 4.69) is 15.0 Å². The molecule has 0 spiro atoms. The van der Waals surface area contributed by atoms with Crippen molar-refractivity contribution in [1.82, 2.24) is 0 Å². The highest BCUT2D eigenvalue weighted by molar-refractivity contribution is 7.99. The molecule has 1 aliphatic rings. The molecule has 1 saturated heterocycles. The van der Waals surface area contributed by atoms with Crippen molar-refractivity contribution in [2.75, 3.05) is 49.0 Å². The molecule has 0 unspecified atom stereocenters. The Kier molecular flexibility index (Phi) is 4.71. The Labute approximate surface area is 120 Å². The van der Waals surface area contributed by atoms with Gasteiger partial charge in [0.1, 0.15) is 5.00 Å². The Morgan fingerprint density at radius 2 is 2.05 bits per heavy atom. The maximum absolute atomic E-state index is 11.8. The first-order valence-corrected chi connectivity index (χ1v) is 7.91. The molecular formula is C12H16N2O3S2. The fourth-order valence-corrected chi connectivity index (χ4v) is 3.91. The molecule has 19 heavy (non-hydrogen) atoms. The average molecular weight is 300 g/mol. The molecule has 5 nitrogen and oxygen atoms in total. The van der Waals surface area contributed by atoms with E-state index in [0.29, 0.717) is 4.88 Å². The molecule has 7 heteroatoms. The molecule has 0 bridgehead atoms. The standard InChI is InChI=1S/C12H16N2O3S2/c1-13-8-7-9(10(15)12(16)17-2)19-11(8)14-3-5-18-6-4-14/h7,13H,3-6H2,1-2H3. The van der Waals surface area contributed by atoms with Crippen LogP contribution in [0.15, 0.2) is 6.07 Å². The van der Waals surface area contributed by atoms with Gasteiger partial charge in [0.25, 0.3) is 5.78 Å². The molecule has 104 valence electrons. The number of carbonyl (C=O) groups excluding carboxylic acids is 2. The second-order valence-corrected chi connectivity index (χ2v) is 6.25. The number of thioether (sulfide) groups is 1. The molecule has 1 N–H and O–H groups in total. The van der Waals surface area contributed by atoms with Gasteiger partial charge >= 0.3 is 5.97 Å². The third-order valence-electron chi connectivity index (χ3n) is 2.87. The van der Waals surface area contributed by atoms with Crippen molar-refractivity contribution in [2.24, 2.45) is 0 Å². The van der Waals surface area contributed by atoms with Crippen molar-refractivity contribution >= 4 is 45.5 Å². The highest BCUT2D eigenvalue weighted by Gasteiger charge is 2.24. The summed E-state index contributed by atoms with van der Waals surface area (Å²) in [6.45, 7) is 1.93. The normalized spacial score (nSPS) is 15.2. The zero-order chi connectivity index (χ0) is 13.8. The number of ketones is 1. The van der Waals surface area contributed by atoms with Gasteiger partial charge in [0.05, 0.1) is 17.7 Å². The summed E-state index contributed by atoms with van der Waals surface area (Å²) in [5.74, 6) is 0.772. The van der Waals surface area contributed by atoms with E-state index >= 15 is 0 Å². The van der Waals surface area contributed by atoms with Crippen molar-refractivity contribution in [3.63, 3.8) is 0 Å². The van der Waals surface area contributed by atoms with Gasteiger partial charge in [-0.25, -0.2) is 4.79 Å². The van der Waals surface area contributed by atoms with Gasteiger partial charge in [0.15, 0.2) is 0 Å². The molecule has 1 aromatic rings. The summed E-state index contributed by atoms with van der Waals surface area (Å²) in [7, 11) is 3.03. The van der Waals surface area contributed by atoms with Crippen LogP contribution >= 0.6 is 23.1 Å². The predicted molar refractivity (Wildman–Crippen MR) is 79.8 cm³/mol. The number of hydrogen-bond donors (Lipinski definition) is 1. The molecule has 0 aliphatic carbocycles. The number of methoxy groups -OCH3 is 1. The highest BCUT2D eigenvalue weighted by Crippen LogP contribution is 2.37. The van der Waals surface area contributed by atoms with Gasteiger partial charge in [-0.3, -0.25) is 4.79 Å². The summed E-state index contributed by atoms with van der Waals surface area (Å²) in [5, 5.41) is 4.11. The Morgan fingerprint density at radius 3 is 2.63 bits per heavy atom. The number of anilines is 2. The van der Waals surface area contributed by atoms with Gasteiger partial charge < -0.3 is 15.0 Å². The minimum atomic E-state index is -0.815. The second-order valence-electron chi connectivity index (χ2n) is 4.00. The summed E-state index contributed by atoms with van der Waals surface area (Å²) < 4.78 is 4.48. The van der Waals surface area contributed by atoms with Gasteiger partial charge in [-0.15, -0.1) is 11.3 Å². The lowest BCUT2D eigenvalue weighted by atomic mass is 10.3. The van der Waals surface area contributed by atoms with E-state index in [0.717, 1.165) is 35.3 Å². The second kappa shape index (κ2) is 6.29. The van der Waals surface area contributed by atoms with E-state index in [1.54, 1.807) is 6.07 Å². The molecule has 0 amide bonds. The van der Waals surface area contributed by atoms with Crippen LogP contribution in [0, 0.1) is 0 Å². The summed E-state index contributed by atoms with van der Waals surface area (Å²) >= 11 is 3.28. The highest BCUT2D eigenvalue weighted by atomic mass is 32.2. The summed E-state index contributed by atoms with van der Waals surface area (Å²) in [5.41, 5.74) is 0.893. The first kappa shape index (κ1) is 14.2. The van der Waals surface area contributed by atoms with Crippen molar-refractivity contribution in [1.29, 1.82) is 0 Å². The number of hydrogen-bond acceptors (Lipinski definition) is 7. The molecule has 1 fully saturated rings. The minimum Gasteiger partial charge on any atom is -0.463 e. The summed E-state index contributed by atoms with van der Waals surface area (Å²) in [6.07, 6.45) is 0. The molecule has 2 heterocycles. The number of nitrogens with zero attached hydrogens (tertiary/aromatic N) is 1. The van der Waals surface area contributed by atoms with Crippen LogP contribution in [0.4, 0.5) is 10.7 Å². The average Bonchev–Trinajstić information content (AvgIpc) is 2.90. The molecule has 0 atom stereocenters. The lowest BCUT2D eigenvalue weighted by molar-refractivity contribution is -0.135. The fourth-order valence-electron chi connectivity index (χ4n) is 1.87. The largest absolute Gasteiger partial charge is 0.463 e. The number of carbonyl (C=O) groups is 2. The number of esters is 1. The van der Waals surface area contributed by atoms with Crippen molar-refractivity contribution < 1.29 is 14.3 Å². The number of rotatable bonds is 4. The Bertz CT molecular complexity index is 481. The quantitative estimate of drug-likeness (QED) is 0.519. The van der Waals surface area contributed by atoms with Crippen molar-refractivity contribution in [3.05, 3.63) is 10.9 Å². The number of nitrogens with one attached hydrogen (secondary N) is 1. The van der Waals surface area contributed by atoms with Crippen molar-refractivity contribution in [3.8, 4) is 0 Å². The van der Waals surface area contributed by atoms with Crippen LogP contribution in [0.1, 0.15) is 9.67 Å². The van der Waals surface area contributed by atoms with Crippen LogP contribution in [0.3, 0.4) is 0 Å². The Hall–Kier alpha value is -1.21. The zero-order valence-electron chi connectivity index (χ0n) is 10.9. The first-order chi connectivity index (χ1) is 9.17. The first-order valence-electron chi connectivity index (χ1n) is 5.94. The van der Waals surface area contributed by atoms with E-state index < -0.39 is 11.8 Å². The van der Waals surface area contributed by atoms with Gasteiger partial charge in [-0.1, -0.05) is 0 Å². The van der Waals surface area contributed by atoms with Gasteiger partial charge in [-0.2, -0.15) is 11.8 Å². The lowest BCUT2D eigenvalue weighted by Gasteiger charge is -2.28. The van der Waals surface area contributed by atoms with E-state index in [4.69, 9.17) is 0 Å². The van der Waals surface area contributed by atoms with Gasteiger partial charge in [-0.05, 0) is 6.07 Å². The molecule has 0 saturated carbocycles. The molecule has 0 radical (unpaired) electrons. The third kappa shape index (κ3) is 3.03. The van der Waals surface area contributed by atoms with Crippen LogP contribution < -0.4 is 10.2 Å². The summed E-state index contributed by atoms with van der Waals surface area (Å²) in [4.78, 5) is 25.8. The van der Waals surface area contributed by atoms with E-state index in [-0.39, 0.29) is 0 Å². The maximum Gasteiger partial charge on any atom is 0.380 e. The summed E-state index contributed by atoms with van der Waals surface area (Å²) in [6, 6.07) is 1.72. The zero-order valence-corrected chi connectivity index (χ0v) is 12.5. The number of thiophene rings is 1.